The third-order valence-corrected chi connectivity index (χ3v) is 4.79. The van der Waals surface area contributed by atoms with E-state index in [9.17, 15) is 0 Å². The number of hydrogen-bond donors (Lipinski definition) is 2. The van der Waals surface area contributed by atoms with E-state index >= 15 is 0 Å². The van der Waals surface area contributed by atoms with E-state index in [4.69, 9.17) is 4.74 Å². The predicted octanol–water partition coefficient (Wildman–Crippen LogP) is 1.59. The largest absolute Gasteiger partial charge is 0.496 e. The zero-order valence-electron chi connectivity index (χ0n) is 17.0. The summed E-state index contributed by atoms with van der Waals surface area (Å²) in [6.07, 6.45) is 3.59. The molecule has 0 bridgehead atoms. The number of para-hydroxylation sites is 1. The van der Waals surface area contributed by atoms with Gasteiger partial charge in [-0.1, -0.05) is 18.2 Å². The van der Waals surface area contributed by atoms with Crippen LogP contribution >= 0.6 is 24.0 Å². The Labute approximate surface area is 189 Å². The maximum Gasteiger partial charge on any atom is 0.225 e. The van der Waals surface area contributed by atoms with Crippen molar-refractivity contribution >= 4 is 35.9 Å². The van der Waals surface area contributed by atoms with Crippen molar-refractivity contribution in [2.45, 2.75) is 6.54 Å². The van der Waals surface area contributed by atoms with E-state index in [0.29, 0.717) is 6.54 Å². The average Bonchev–Trinajstić information content (AvgIpc) is 2.77. The second-order valence-electron chi connectivity index (χ2n) is 6.54. The Bertz CT molecular complexity index is 752. The molecule has 2 aromatic rings. The van der Waals surface area contributed by atoms with E-state index in [2.05, 4.69) is 41.5 Å². The topological polar surface area (TPSA) is 77.9 Å². The van der Waals surface area contributed by atoms with Gasteiger partial charge in [-0.3, -0.25) is 9.89 Å². The van der Waals surface area contributed by atoms with Gasteiger partial charge in [-0.25, -0.2) is 9.97 Å². The molecular weight excluding hydrogens is 481 g/mol. The van der Waals surface area contributed by atoms with Gasteiger partial charge in [-0.05, 0) is 12.1 Å². The maximum atomic E-state index is 5.39. The highest BCUT2D eigenvalue weighted by Crippen LogP contribution is 2.16. The lowest BCUT2D eigenvalue weighted by Gasteiger charge is -2.34. The first-order valence-electron chi connectivity index (χ1n) is 9.61. The van der Waals surface area contributed by atoms with Gasteiger partial charge in [-0.2, -0.15) is 0 Å². The summed E-state index contributed by atoms with van der Waals surface area (Å²) in [6.45, 7) is 6.39. The molecule has 0 spiro atoms. The number of nitrogens with zero attached hydrogens (tertiary/aromatic N) is 5. The molecule has 0 amide bonds. The SMILES string of the molecule is CN=C(NCCN1CCN(c2ncccn2)CC1)NCc1ccccc1OC.I. The van der Waals surface area contributed by atoms with Crippen molar-refractivity contribution in [3.05, 3.63) is 48.3 Å². The third-order valence-electron chi connectivity index (χ3n) is 4.79. The van der Waals surface area contributed by atoms with E-state index in [1.807, 2.05) is 24.3 Å². The van der Waals surface area contributed by atoms with E-state index in [0.717, 1.165) is 62.5 Å². The van der Waals surface area contributed by atoms with Crippen LogP contribution in [-0.2, 0) is 6.54 Å². The summed E-state index contributed by atoms with van der Waals surface area (Å²) >= 11 is 0. The van der Waals surface area contributed by atoms with E-state index < -0.39 is 0 Å². The zero-order valence-corrected chi connectivity index (χ0v) is 19.4. The monoisotopic (exact) mass is 511 g/mol. The molecule has 8 nitrogen and oxygen atoms in total. The Hall–Kier alpha value is -2.14. The van der Waals surface area contributed by atoms with Crippen LogP contribution in [0.1, 0.15) is 5.56 Å². The van der Waals surface area contributed by atoms with Crippen molar-refractivity contribution in [1.82, 2.24) is 25.5 Å². The third kappa shape index (κ3) is 7.00. The summed E-state index contributed by atoms with van der Waals surface area (Å²) in [7, 11) is 3.48. The molecule has 29 heavy (non-hydrogen) atoms. The number of rotatable bonds is 7. The Morgan fingerprint density at radius 1 is 1.07 bits per heavy atom. The van der Waals surface area contributed by atoms with Crippen molar-refractivity contribution < 1.29 is 4.74 Å². The van der Waals surface area contributed by atoms with Crippen LogP contribution in [0.15, 0.2) is 47.7 Å². The quantitative estimate of drug-likeness (QED) is 0.332. The van der Waals surface area contributed by atoms with Gasteiger partial charge in [0.15, 0.2) is 5.96 Å². The lowest BCUT2D eigenvalue weighted by atomic mass is 10.2. The highest BCUT2D eigenvalue weighted by molar-refractivity contribution is 14.0. The zero-order chi connectivity index (χ0) is 19.6. The average molecular weight is 511 g/mol. The number of aromatic nitrogens is 2. The molecule has 2 N–H and O–H groups in total. The summed E-state index contributed by atoms with van der Waals surface area (Å²) in [4.78, 5) is 17.6. The number of aliphatic imine (C=N–C) groups is 1. The molecule has 158 valence electrons. The Morgan fingerprint density at radius 2 is 1.79 bits per heavy atom. The second-order valence-corrected chi connectivity index (χ2v) is 6.54. The van der Waals surface area contributed by atoms with Gasteiger partial charge in [0, 0.05) is 70.8 Å². The number of ether oxygens (including phenoxy) is 1. The minimum atomic E-state index is 0. The Balaban J connectivity index is 0.00000300. The summed E-state index contributed by atoms with van der Waals surface area (Å²) in [5.74, 6) is 2.49. The van der Waals surface area contributed by atoms with Gasteiger partial charge >= 0.3 is 0 Å². The van der Waals surface area contributed by atoms with Crippen LogP contribution in [0.5, 0.6) is 5.75 Å². The number of benzene rings is 1. The Morgan fingerprint density at radius 3 is 2.48 bits per heavy atom. The highest BCUT2D eigenvalue weighted by Gasteiger charge is 2.18. The smallest absolute Gasteiger partial charge is 0.225 e. The molecule has 1 aromatic carbocycles. The molecule has 0 atom stereocenters. The van der Waals surface area contributed by atoms with Crippen LogP contribution in [0.25, 0.3) is 0 Å². The minimum absolute atomic E-state index is 0. The number of piperazine rings is 1. The van der Waals surface area contributed by atoms with Crippen molar-refractivity contribution in [2.24, 2.45) is 4.99 Å². The summed E-state index contributed by atoms with van der Waals surface area (Å²) in [5.41, 5.74) is 1.10. The summed E-state index contributed by atoms with van der Waals surface area (Å²) < 4.78 is 5.39. The first kappa shape index (κ1) is 23.1. The van der Waals surface area contributed by atoms with Crippen molar-refractivity contribution in [3.8, 4) is 5.75 Å². The molecule has 3 rings (SSSR count). The van der Waals surface area contributed by atoms with Gasteiger partial charge in [0.25, 0.3) is 0 Å². The minimum Gasteiger partial charge on any atom is -0.496 e. The molecule has 2 heterocycles. The molecule has 9 heteroatoms. The Kier molecular flexibility index (Phi) is 9.92. The van der Waals surface area contributed by atoms with Crippen LogP contribution in [0, 0.1) is 0 Å². The van der Waals surface area contributed by atoms with Crippen LogP contribution < -0.4 is 20.3 Å². The molecule has 0 radical (unpaired) electrons. The van der Waals surface area contributed by atoms with Gasteiger partial charge in [0.05, 0.1) is 7.11 Å². The number of methoxy groups -OCH3 is 1. The highest BCUT2D eigenvalue weighted by atomic mass is 127. The lowest BCUT2D eigenvalue weighted by molar-refractivity contribution is 0.260. The molecule has 1 aromatic heterocycles. The van der Waals surface area contributed by atoms with Gasteiger partial charge in [0.1, 0.15) is 5.75 Å². The van der Waals surface area contributed by atoms with Crippen molar-refractivity contribution in [3.63, 3.8) is 0 Å². The number of halogens is 1. The fraction of sp³-hybridized carbons (Fsp3) is 0.450. The van der Waals surface area contributed by atoms with Gasteiger partial charge < -0.3 is 20.3 Å². The fourth-order valence-electron chi connectivity index (χ4n) is 3.21. The number of anilines is 1. The molecular formula is C20H30IN7O. The lowest BCUT2D eigenvalue weighted by Crippen LogP contribution is -2.49. The molecule has 1 aliphatic rings. The normalized spacial score (nSPS) is 14.8. The fourth-order valence-corrected chi connectivity index (χ4v) is 3.21. The summed E-state index contributed by atoms with van der Waals surface area (Å²) in [6, 6.07) is 9.84. The molecule has 0 aliphatic carbocycles. The second kappa shape index (κ2) is 12.4. The van der Waals surface area contributed by atoms with Crippen LogP contribution in [0.3, 0.4) is 0 Å². The summed E-state index contributed by atoms with van der Waals surface area (Å²) in [5, 5.41) is 6.73. The van der Waals surface area contributed by atoms with E-state index in [1.165, 1.54) is 0 Å². The van der Waals surface area contributed by atoms with Crippen LogP contribution in [0.4, 0.5) is 5.95 Å². The van der Waals surface area contributed by atoms with E-state index in [-0.39, 0.29) is 24.0 Å². The first-order chi connectivity index (χ1) is 13.8. The molecule has 1 fully saturated rings. The van der Waals surface area contributed by atoms with Crippen molar-refractivity contribution in [2.75, 3.05) is 58.3 Å². The number of hydrogen-bond acceptors (Lipinski definition) is 6. The first-order valence-corrected chi connectivity index (χ1v) is 9.61. The number of nitrogens with one attached hydrogen (secondary N) is 2. The standard InChI is InChI=1S/C20H29N7O.HI/c1-21-19(25-16-17-6-3-4-7-18(17)28-2)22-10-11-26-12-14-27(15-13-26)20-23-8-5-9-24-20;/h3-9H,10-16H2,1-2H3,(H2,21,22,25);1H. The van der Waals surface area contributed by atoms with Crippen LogP contribution in [0.2, 0.25) is 0 Å². The maximum absolute atomic E-state index is 5.39. The number of guanidine groups is 1. The predicted molar refractivity (Wildman–Crippen MR) is 127 cm³/mol. The van der Waals surface area contributed by atoms with Crippen molar-refractivity contribution in [1.29, 1.82) is 0 Å². The molecule has 1 aliphatic heterocycles. The molecule has 0 unspecified atom stereocenters. The van der Waals surface area contributed by atoms with Gasteiger partial charge in [0.2, 0.25) is 5.95 Å². The van der Waals surface area contributed by atoms with Crippen LogP contribution in [-0.4, -0.2) is 74.3 Å². The van der Waals surface area contributed by atoms with E-state index in [1.54, 1.807) is 26.6 Å². The van der Waals surface area contributed by atoms with Gasteiger partial charge in [-0.15, -0.1) is 24.0 Å². The molecule has 0 saturated carbocycles. The molecule has 1 saturated heterocycles.